The number of Topliss-reactive ketones (excluding diaryl/α,β-unsaturated/α-hetero) is 1. The molecule has 1 aromatic carbocycles. The Morgan fingerprint density at radius 2 is 1.45 bits per heavy atom. The molecule has 0 radical (unpaired) electrons. The summed E-state index contributed by atoms with van der Waals surface area (Å²) in [5, 5.41) is 10.6. The summed E-state index contributed by atoms with van der Waals surface area (Å²) in [4.78, 5) is 91.1. The highest BCUT2D eigenvalue weighted by molar-refractivity contribution is 6.38. The zero-order chi connectivity index (χ0) is 44.2. The molecule has 60 heavy (non-hydrogen) atoms. The standard InChI is InChI=1S/C41H51F6N7O6/c1-5-9-29(32(55)37(59)50-26-12-13-26)51-34(56)28-21-54(20-27(28)23-16-24(40(42,43)44)18-25(17-23)41(45,46)47)38(60)33(39(2,3)4)53-36(58)31(22-10-7-6-8-11-22)52-35(57)30-19-48-14-15-49-30/h14-19,22,26-29,31,33H,5-13,20-21H2,1-4H3,(H,50,59)(H,51,56)(H,52,57)(H,53,58)/t27?,28-,29-,31-,33+/m0/s1. The molecule has 4 N–H and O–H groups in total. The average molecular weight is 852 g/mol. The SMILES string of the molecule is CCC[C@H](NC(=O)[C@H]1CN(C(=O)[C@@H](NC(=O)[C@@H](NC(=O)c2cnccn2)C2CCCCC2)C(C)(C)C)CC1c1cc(C(F)(F)F)cc(C(F)(F)F)c1)C(=O)C(=O)NC1CC1. The Bertz CT molecular complexity index is 1880. The van der Waals surface area contributed by atoms with Gasteiger partial charge in [-0.3, -0.25) is 33.8 Å². The third-order valence-corrected chi connectivity index (χ3v) is 11.2. The van der Waals surface area contributed by atoms with E-state index < -0.39 is 113 Å². The second-order valence-electron chi connectivity index (χ2n) is 17.0. The third kappa shape index (κ3) is 11.6. The van der Waals surface area contributed by atoms with Gasteiger partial charge in [0, 0.05) is 37.4 Å². The first-order chi connectivity index (χ1) is 28.1. The van der Waals surface area contributed by atoms with Gasteiger partial charge in [-0.05, 0) is 67.2 Å². The number of halogens is 6. The van der Waals surface area contributed by atoms with Crippen molar-refractivity contribution >= 4 is 35.3 Å². The lowest BCUT2D eigenvalue weighted by molar-refractivity contribution is -0.143. The Morgan fingerprint density at radius 1 is 0.817 bits per heavy atom. The highest BCUT2D eigenvalue weighted by Gasteiger charge is 2.48. The summed E-state index contributed by atoms with van der Waals surface area (Å²) < 4.78 is 84.4. The molecule has 5 amide bonds. The van der Waals surface area contributed by atoms with Gasteiger partial charge in [0.05, 0.1) is 29.3 Å². The number of amides is 5. The maximum absolute atomic E-state index is 14.6. The minimum Gasteiger partial charge on any atom is -0.347 e. The van der Waals surface area contributed by atoms with Gasteiger partial charge in [-0.25, -0.2) is 4.98 Å². The van der Waals surface area contributed by atoms with Crippen LogP contribution in [0.3, 0.4) is 0 Å². The van der Waals surface area contributed by atoms with Crippen LogP contribution in [0.1, 0.15) is 119 Å². The minimum atomic E-state index is -5.21. The summed E-state index contributed by atoms with van der Waals surface area (Å²) in [5.74, 6) is -8.28. The molecule has 5 rings (SSSR count). The van der Waals surface area contributed by atoms with Crippen LogP contribution < -0.4 is 21.3 Å². The van der Waals surface area contributed by atoms with Gasteiger partial charge >= 0.3 is 12.4 Å². The zero-order valence-corrected chi connectivity index (χ0v) is 33.8. The van der Waals surface area contributed by atoms with Crippen molar-refractivity contribution in [1.82, 2.24) is 36.1 Å². The molecule has 19 heteroatoms. The van der Waals surface area contributed by atoms with Gasteiger partial charge in [0.25, 0.3) is 11.8 Å². The first kappa shape index (κ1) is 46.0. The quantitative estimate of drug-likeness (QED) is 0.150. The summed E-state index contributed by atoms with van der Waals surface area (Å²) in [6.07, 6.45) is -1.16. The number of nitrogens with zero attached hydrogens (tertiary/aromatic N) is 3. The predicted molar refractivity (Wildman–Crippen MR) is 204 cm³/mol. The van der Waals surface area contributed by atoms with E-state index in [9.17, 15) is 55.1 Å². The number of hydrogen-bond acceptors (Lipinski definition) is 8. The van der Waals surface area contributed by atoms with Gasteiger partial charge in [-0.1, -0.05) is 53.4 Å². The number of likely N-dealkylation sites (tertiary alicyclic amines) is 1. The van der Waals surface area contributed by atoms with Crippen molar-refractivity contribution in [2.24, 2.45) is 17.3 Å². The Balaban J connectivity index is 1.48. The topological polar surface area (TPSA) is 180 Å². The van der Waals surface area contributed by atoms with E-state index in [1.807, 2.05) is 0 Å². The summed E-state index contributed by atoms with van der Waals surface area (Å²) in [5.41, 5.74) is -4.87. The van der Waals surface area contributed by atoms with Crippen molar-refractivity contribution in [2.45, 2.75) is 128 Å². The molecule has 2 heterocycles. The van der Waals surface area contributed by atoms with Crippen LogP contribution in [0.25, 0.3) is 0 Å². The number of aromatic nitrogens is 2. The number of ketones is 1. The Kier molecular flexibility index (Phi) is 14.3. The maximum Gasteiger partial charge on any atom is 0.416 e. The molecule has 1 aliphatic heterocycles. The molecule has 5 atom stereocenters. The van der Waals surface area contributed by atoms with Crippen LogP contribution in [-0.4, -0.2) is 87.4 Å². The molecule has 2 aliphatic carbocycles. The van der Waals surface area contributed by atoms with Gasteiger partial charge < -0.3 is 26.2 Å². The minimum absolute atomic E-state index is 0.00184. The third-order valence-electron chi connectivity index (χ3n) is 11.2. The summed E-state index contributed by atoms with van der Waals surface area (Å²) in [6, 6.07) is -3.06. The van der Waals surface area contributed by atoms with Crippen molar-refractivity contribution in [3.05, 3.63) is 59.2 Å². The maximum atomic E-state index is 14.6. The number of carbonyl (C=O) groups excluding carboxylic acids is 6. The number of benzene rings is 1. The highest BCUT2D eigenvalue weighted by atomic mass is 19.4. The molecule has 13 nitrogen and oxygen atoms in total. The lowest BCUT2D eigenvalue weighted by Crippen LogP contribution is -2.60. The molecule has 1 aromatic heterocycles. The van der Waals surface area contributed by atoms with Gasteiger partial charge in [0.1, 0.15) is 17.8 Å². The molecule has 1 saturated heterocycles. The van der Waals surface area contributed by atoms with E-state index in [0.29, 0.717) is 44.2 Å². The van der Waals surface area contributed by atoms with E-state index in [-0.39, 0.29) is 30.1 Å². The molecule has 0 spiro atoms. The Morgan fingerprint density at radius 3 is 1.98 bits per heavy atom. The predicted octanol–water partition coefficient (Wildman–Crippen LogP) is 5.10. The van der Waals surface area contributed by atoms with E-state index in [1.165, 1.54) is 18.6 Å². The van der Waals surface area contributed by atoms with Crippen LogP contribution in [0.5, 0.6) is 0 Å². The fraction of sp³-hybridized carbons (Fsp3) is 0.610. The normalized spacial score (nSPS) is 20.4. The fourth-order valence-corrected chi connectivity index (χ4v) is 7.82. The van der Waals surface area contributed by atoms with Crippen molar-refractivity contribution < 1.29 is 55.1 Å². The van der Waals surface area contributed by atoms with Crippen LogP contribution in [0.15, 0.2) is 36.8 Å². The van der Waals surface area contributed by atoms with Crippen LogP contribution in [0, 0.1) is 17.3 Å². The smallest absolute Gasteiger partial charge is 0.347 e. The van der Waals surface area contributed by atoms with Crippen molar-refractivity contribution in [3.8, 4) is 0 Å². The van der Waals surface area contributed by atoms with Crippen LogP contribution in [0.2, 0.25) is 0 Å². The average Bonchev–Trinajstić information content (AvgIpc) is 3.90. The first-order valence-corrected chi connectivity index (χ1v) is 20.2. The van der Waals surface area contributed by atoms with Crippen molar-refractivity contribution in [2.75, 3.05) is 13.1 Å². The lowest BCUT2D eigenvalue weighted by atomic mass is 9.82. The summed E-state index contributed by atoms with van der Waals surface area (Å²) >= 11 is 0. The monoisotopic (exact) mass is 851 g/mol. The second kappa shape index (κ2) is 18.7. The molecule has 1 unspecified atom stereocenters. The Labute approximate surface area is 343 Å². The van der Waals surface area contributed by atoms with E-state index in [2.05, 4.69) is 31.2 Å². The lowest BCUT2D eigenvalue weighted by Gasteiger charge is -2.36. The molecule has 2 aromatic rings. The summed E-state index contributed by atoms with van der Waals surface area (Å²) in [7, 11) is 0. The molecule has 3 aliphatic rings. The van der Waals surface area contributed by atoms with Crippen molar-refractivity contribution in [1.29, 1.82) is 0 Å². The Hall–Kier alpha value is -5.10. The van der Waals surface area contributed by atoms with Crippen LogP contribution in [0.4, 0.5) is 26.3 Å². The van der Waals surface area contributed by atoms with Gasteiger partial charge in [-0.2, -0.15) is 26.3 Å². The summed E-state index contributed by atoms with van der Waals surface area (Å²) in [6.45, 7) is 5.53. The second-order valence-corrected chi connectivity index (χ2v) is 17.0. The number of alkyl halides is 6. The highest BCUT2D eigenvalue weighted by Crippen LogP contribution is 2.42. The van der Waals surface area contributed by atoms with E-state index in [0.717, 1.165) is 24.2 Å². The van der Waals surface area contributed by atoms with E-state index in [1.54, 1.807) is 27.7 Å². The number of carbonyl (C=O) groups is 6. The number of nitrogens with one attached hydrogen (secondary N) is 4. The molecule has 2 saturated carbocycles. The molecule has 3 fully saturated rings. The van der Waals surface area contributed by atoms with E-state index in [4.69, 9.17) is 0 Å². The molecular formula is C41H51F6N7O6. The van der Waals surface area contributed by atoms with Gasteiger partial charge in [0.15, 0.2) is 0 Å². The van der Waals surface area contributed by atoms with Crippen LogP contribution in [-0.2, 0) is 36.3 Å². The first-order valence-electron chi connectivity index (χ1n) is 20.2. The van der Waals surface area contributed by atoms with Gasteiger partial charge in [0.2, 0.25) is 23.5 Å². The molecule has 0 bridgehead atoms. The number of hydrogen-bond donors (Lipinski definition) is 4. The van der Waals surface area contributed by atoms with E-state index >= 15 is 0 Å². The molecule has 328 valence electrons. The largest absolute Gasteiger partial charge is 0.416 e. The fourth-order valence-electron chi connectivity index (χ4n) is 7.82. The van der Waals surface area contributed by atoms with Gasteiger partial charge in [-0.15, -0.1) is 0 Å². The number of rotatable bonds is 14. The molecular weight excluding hydrogens is 800 g/mol. The van der Waals surface area contributed by atoms with Crippen molar-refractivity contribution in [3.63, 3.8) is 0 Å². The zero-order valence-electron chi connectivity index (χ0n) is 33.8. The van der Waals surface area contributed by atoms with Crippen LogP contribution >= 0.6 is 0 Å².